The molecule has 0 aromatic heterocycles. The fraction of sp³-hybridized carbons (Fsp3) is 0.444. The number of allylic oxidation sites excluding steroid dienone is 2. The molecule has 4 heteroatoms. The number of benzene rings is 1. The third kappa shape index (κ3) is 1.10. The smallest absolute Gasteiger partial charge is 0.238 e. The normalized spacial score (nSPS) is 39.9. The summed E-state index contributed by atoms with van der Waals surface area (Å²) in [6, 6.07) is 6.03. The Kier molecular flexibility index (Phi) is 2.00. The first kappa shape index (κ1) is 12.6. The van der Waals surface area contributed by atoms with E-state index < -0.39 is 5.82 Å². The lowest BCUT2D eigenvalue weighted by Crippen LogP contribution is -2.38. The number of para-hydroxylation sites is 1. The summed E-state index contributed by atoms with van der Waals surface area (Å²) in [4.78, 5) is 27.0. The number of halogens is 1. The molecule has 0 N–H and O–H groups in total. The molecule has 2 bridgehead atoms. The van der Waals surface area contributed by atoms with Crippen molar-refractivity contribution in [2.75, 3.05) is 4.90 Å². The predicted molar refractivity (Wildman–Crippen MR) is 78.3 cm³/mol. The van der Waals surface area contributed by atoms with Gasteiger partial charge in [-0.15, -0.1) is 0 Å². The fourth-order valence-electron chi connectivity index (χ4n) is 5.45. The zero-order valence-electron chi connectivity index (χ0n) is 12.3. The molecule has 1 aromatic carbocycles. The highest BCUT2D eigenvalue weighted by molar-refractivity contribution is 6.23. The lowest BCUT2D eigenvalue weighted by Gasteiger charge is -2.31. The molecule has 1 saturated heterocycles. The number of fused-ring (bicyclic) bond motifs is 3. The Labute approximate surface area is 127 Å². The van der Waals surface area contributed by atoms with E-state index in [0.29, 0.717) is 0 Å². The largest absolute Gasteiger partial charge is 0.274 e. The van der Waals surface area contributed by atoms with E-state index in [-0.39, 0.29) is 46.1 Å². The highest BCUT2D eigenvalue weighted by atomic mass is 19.1. The Morgan fingerprint density at radius 3 is 2.55 bits per heavy atom. The van der Waals surface area contributed by atoms with Crippen molar-refractivity contribution in [3.8, 4) is 0 Å². The number of hydrogen-bond acceptors (Lipinski definition) is 2. The summed E-state index contributed by atoms with van der Waals surface area (Å²) in [5.74, 6) is -1.43. The summed E-state index contributed by atoms with van der Waals surface area (Å²) in [6.07, 6.45) is 6.45. The summed E-state index contributed by atoms with van der Waals surface area (Å²) in [7, 11) is 0. The molecule has 22 heavy (non-hydrogen) atoms. The van der Waals surface area contributed by atoms with E-state index in [0.717, 1.165) is 17.7 Å². The molecule has 3 fully saturated rings. The molecule has 0 radical (unpaired) electrons. The highest BCUT2D eigenvalue weighted by Crippen LogP contribution is 2.79. The van der Waals surface area contributed by atoms with Gasteiger partial charge in [0.1, 0.15) is 5.82 Å². The van der Waals surface area contributed by atoms with Gasteiger partial charge in [-0.1, -0.05) is 31.2 Å². The van der Waals surface area contributed by atoms with Gasteiger partial charge in [-0.05, 0) is 36.3 Å². The minimum Gasteiger partial charge on any atom is -0.274 e. The van der Waals surface area contributed by atoms with Crippen molar-refractivity contribution in [3.05, 3.63) is 42.2 Å². The van der Waals surface area contributed by atoms with E-state index in [1.807, 2.05) is 0 Å². The first-order chi connectivity index (χ1) is 10.5. The fourth-order valence-corrected chi connectivity index (χ4v) is 5.45. The average molecular weight is 297 g/mol. The van der Waals surface area contributed by atoms with Crippen LogP contribution >= 0.6 is 0 Å². The second-order valence-corrected chi connectivity index (χ2v) is 7.29. The van der Waals surface area contributed by atoms with Crippen LogP contribution in [0.4, 0.5) is 10.1 Å². The number of anilines is 1. The van der Waals surface area contributed by atoms with Crippen LogP contribution in [-0.2, 0) is 9.59 Å². The first-order valence-electron chi connectivity index (χ1n) is 7.83. The monoisotopic (exact) mass is 297 g/mol. The maximum atomic E-state index is 14.1. The zero-order chi connectivity index (χ0) is 15.3. The number of nitrogens with zero attached hydrogens (tertiary/aromatic N) is 1. The van der Waals surface area contributed by atoms with E-state index in [1.165, 1.54) is 12.1 Å². The summed E-state index contributed by atoms with van der Waals surface area (Å²) in [6.45, 7) is 2.11. The van der Waals surface area contributed by atoms with Gasteiger partial charge in [0.2, 0.25) is 11.8 Å². The van der Waals surface area contributed by atoms with Crippen molar-refractivity contribution < 1.29 is 14.0 Å². The van der Waals surface area contributed by atoms with Gasteiger partial charge in [-0.3, -0.25) is 9.59 Å². The van der Waals surface area contributed by atoms with E-state index >= 15 is 0 Å². The Hall–Kier alpha value is -1.97. The Bertz CT molecular complexity index is 766. The number of carbonyl (C=O) groups is 2. The van der Waals surface area contributed by atoms with E-state index in [2.05, 4.69) is 19.1 Å². The molecule has 1 aliphatic heterocycles. The molecule has 1 heterocycles. The van der Waals surface area contributed by atoms with Crippen molar-refractivity contribution in [3.63, 3.8) is 0 Å². The second-order valence-electron chi connectivity index (χ2n) is 7.29. The van der Waals surface area contributed by atoms with Crippen LogP contribution in [0.1, 0.15) is 19.8 Å². The summed E-state index contributed by atoms with van der Waals surface area (Å²) in [5.41, 5.74) is -0.0240. The van der Waals surface area contributed by atoms with Crippen LogP contribution in [0.5, 0.6) is 0 Å². The Morgan fingerprint density at radius 2 is 1.91 bits per heavy atom. The standard InChI is InChI=1S/C18H16FNO2/c1-17-7-6-10(18(17)8-9-18)13-14(17)16(22)20(15(13)21)12-5-3-2-4-11(12)19/h2-7,10,13-14H,8-9H2,1H3/t10-,13+,14-,17+/m1/s1. The topological polar surface area (TPSA) is 37.4 Å². The summed E-state index contributed by atoms with van der Waals surface area (Å²) >= 11 is 0. The van der Waals surface area contributed by atoms with E-state index in [9.17, 15) is 14.0 Å². The lowest BCUT2D eigenvalue weighted by atomic mass is 9.72. The van der Waals surface area contributed by atoms with Gasteiger partial charge in [-0.2, -0.15) is 0 Å². The van der Waals surface area contributed by atoms with Crippen LogP contribution < -0.4 is 4.90 Å². The minimum atomic E-state index is -0.518. The molecule has 3 aliphatic carbocycles. The molecule has 3 nitrogen and oxygen atoms in total. The quantitative estimate of drug-likeness (QED) is 0.590. The summed E-state index contributed by atoms with van der Waals surface area (Å²) in [5, 5.41) is 0. The van der Waals surface area contributed by atoms with Crippen LogP contribution in [0, 0.1) is 34.4 Å². The van der Waals surface area contributed by atoms with Gasteiger partial charge in [0.25, 0.3) is 0 Å². The van der Waals surface area contributed by atoms with Crippen molar-refractivity contribution in [2.24, 2.45) is 28.6 Å². The maximum absolute atomic E-state index is 14.1. The van der Waals surface area contributed by atoms with Crippen LogP contribution in [0.15, 0.2) is 36.4 Å². The Balaban J connectivity index is 1.64. The predicted octanol–water partition coefficient (Wildman–Crippen LogP) is 2.92. The molecule has 1 aromatic rings. The van der Waals surface area contributed by atoms with E-state index in [1.54, 1.807) is 12.1 Å². The lowest BCUT2D eigenvalue weighted by molar-refractivity contribution is -0.124. The SMILES string of the molecule is C[C@]12C=C[C@H]([C@@H]3C(=O)N(c4ccccc4F)C(=O)[C@@H]31)C21CC1. The van der Waals surface area contributed by atoms with Crippen molar-refractivity contribution in [1.29, 1.82) is 0 Å². The molecule has 4 atom stereocenters. The highest BCUT2D eigenvalue weighted by Gasteiger charge is 2.78. The first-order valence-corrected chi connectivity index (χ1v) is 7.83. The molecule has 1 spiro atoms. The van der Waals surface area contributed by atoms with Crippen LogP contribution in [0.25, 0.3) is 0 Å². The van der Waals surface area contributed by atoms with E-state index in [4.69, 9.17) is 0 Å². The van der Waals surface area contributed by atoms with Gasteiger partial charge in [0, 0.05) is 5.41 Å². The third-order valence-electron chi connectivity index (χ3n) is 6.63. The number of amides is 2. The van der Waals surface area contributed by atoms with Gasteiger partial charge < -0.3 is 0 Å². The van der Waals surface area contributed by atoms with Gasteiger partial charge in [0.15, 0.2) is 0 Å². The van der Waals surface area contributed by atoms with Gasteiger partial charge >= 0.3 is 0 Å². The minimum absolute atomic E-state index is 0.0970. The van der Waals surface area contributed by atoms with Crippen molar-refractivity contribution >= 4 is 17.5 Å². The molecule has 0 unspecified atom stereocenters. The maximum Gasteiger partial charge on any atom is 0.238 e. The molecule has 5 rings (SSSR count). The third-order valence-corrected chi connectivity index (χ3v) is 6.63. The number of rotatable bonds is 1. The summed E-state index contributed by atoms with van der Waals surface area (Å²) < 4.78 is 14.1. The molecular weight excluding hydrogens is 281 g/mol. The molecular formula is C18H16FNO2. The molecule has 2 amide bonds. The van der Waals surface area contributed by atoms with Crippen LogP contribution in [-0.4, -0.2) is 11.8 Å². The molecule has 2 saturated carbocycles. The van der Waals surface area contributed by atoms with Crippen LogP contribution in [0.3, 0.4) is 0 Å². The molecule has 4 aliphatic rings. The van der Waals surface area contributed by atoms with Crippen molar-refractivity contribution in [2.45, 2.75) is 19.8 Å². The zero-order valence-corrected chi connectivity index (χ0v) is 12.3. The van der Waals surface area contributed by atoms with Crippen LogP contribution in [0.2, 0.25) is 0 Å². The number of imide groups is 1. The van der Waals surface area contributed by atoms with Crippen molar-refractivity contribution in [1.82, 2.24) is 0 Å². The number of carbonyl (C=O) groups excluding carboxylic acids is 2. The Morgan fingerprint density at radius 1 is 1.18 bits per heavy atom. The average Bonchev–Trinajstić information content (AvgIpc) is 3.15. The number of hydrogen-bond donors (Lipinski definition) is 0. The van der Waals surface area contributed by atoms with Gasteiger partial charge in [0.05, 0.1) is 17.5 Å². The van der Waals surface area contributed by atoms with Gasteiger partial charge in [-0.25, -0.2) is 9.29 Å². The molecule has 112 valence electrons. The second kappa shape index (κ2) is 3.50.